The van der Waals surface area contributed by atoms with Crippen molar-refractivity contribution >= 4 is 46.6 Å². The Labute approximate surface area is 251 Å². The molecular formula is C32H28Cl2N2O4S. The normalized spacial score (nSPS) is 15.0. The largest absolute Gasteiger partial charge is 0.488 e. The second-order valence-corrected chi connectivity index (χ2v) is 11.6. The summed E-state index contributed by atoms with van der Waals surface area (Å²) in [4.78, 5) is 32.1. The van der Waals surface area contributed by atoms with Gasteiger partial charge in [-0.15, -0.1) is 0 Å². The van der Waals surface area contributed by atoms with Crippen molar-refractivity contribution in [1.82, 2.24) is 4.57 Å². The molecule has 0 fully saturated rings. The molecule has 41 heavy (non-hydrogen) atoms. The molecule has 0 spiro atoms. The van der Waals surface area contributed by atoms with E-state index in [0.29, 0.717) is 37.3 Å². The van der Waals surface area contributed by atoms with Crippen LogP contribution in [0.3, 0.4) is 0 Å². The average Bonchev–Trinajstić information content (AvgIpc) is 3.23. The Hall–Kier alpha value is -3.65. The fourth-order valence-corrected chi connectivity index (χ4v) is 6.23. The predicted octanol–water partition coefficient (Wildman–Crippen LogP) is 6.30. The van der Waals surface area contributed by atoms with Crippen LogP contribution in [0.1, 0.15) is 47.7 Å². The van der Waals surface area contributed by atoms with Gasteiger partial charge in [0.25, 0.3) is 5.56 Å². The number of hydrogen-bond donors (Lipinski definition) is 0. The van der Waals surface area contributed by atoms with Crippen LogP contribution < -0.4 is 19.6 Å². The lowest BCUT2D eigenvalue weighted by atomic mass is 9.96. The van der Waals surface area contributed by atoms with Crippen LogP contribution in [0.25, 0.3) is 6.08 Å². The first-order valence-corrected chi connectivity index (χ1v) is 14.7. The van der Waals surface area contributed by atoms with Crippen LogP contribution in [0.15, 0.2) is 81.7 Å². The van der Waals surface area contributed by atoms with Crippen molar-refractivity contribution in [1.29, 1.82) is 0 Å². The maximum absolute atomic E-state index is 13.9. The molecule has 0 unspecified atom stereocenters. The Morgan fingerprint density at radius 3 is 2.22 bits per heavy atom. The van der Waals surface area contributed by atoms with Crippen molar-refractivity contribution in [3.05, 3.63) is 129 Å². The molecule has 1 aromatic heterocycles. The van der Waals surface area contributed by atoms with Gasteiger partial charge >= 0.3 is 5.97 Å². The summed E-state index contributed by atoms with van der Waals surface area (Å²) in [5, 5.41) is 1.24. The van der Waals surface area contributed by atoms with Crippen molar-refractivity contribution in [2.24, 2.45) is 4.99 Å². The van der Waals surface area contributed by atoms with Crippen molar-refractivity contribution in [3.8, 4) is 5.75 Å². The van der Waals surface area contributed by atoms with E-state index in [0.717, 1.165) is 33.6 Å². The van der Waals surface area contributed by atoms with Crippen molar-refractivity contribution in [3.63, 3.8) is 0 Å². The highest BCUT2D eigenvalue weighted by atomic mass is 35.5. The number of carbonyl (C=O) groups is 1. The summed E-state index contributed by atoms with van der Waals surface area (Å²) >= 11 is 13.4. The van der Waals surface area contributed by atoms with Crippen LogP contribution in [0, 0.1) is 13.8 Å². The van der Waals surface area contributed by atoms with Gasteiger partial charge in [0.15, 0.2) is 4.80 Å². The van der Waals surface area contributed by atoms with E-state index >= 15 is 0 Å². The van der Waals surface area contributed by atoms with E-state index in [1.54, 1.807) is 30.5 Å². The molecule has 0 saturated carbocycles. The van der Waals surface area contributed by atoms with Gasteiger partial charge in [-0.25, -0.2) is 9.79 Å². The van der Waals surface area contributed by atoms with Gasteiger partial charge < -0.3 is 9.47 Å². The van der Waals surface area contributed by atoms with Crippen LogP contribution >= 0.6 is 34.5 Å². The smallest absolute Gasteiger partial charge is 0.338 e. The molecule has 0 bridgehead atoms. The second kappa shape index (κ2) is 12.1. The average molecular weight is 608 g/mol. The number of ether oxygens (including phenoxy) is 2. The topological polar surface area (TPSA) is 69.9 Å². The number of thiazole rings is 1. The van der Waals surface area contributed by atoms with E-state index < -0.39 is 12.0 Å². The Kier molecular flexibility index (Phi) is 8.50. The molecule has 0 saturated heterocycles. The van der Waals surface area contributed by atoms with Crippen molar-refractivity contribution < 1.29 is 14.3 Å². The number of fused-ring (bicyclic) bond motifs is 1. The second-order valence-electron chi connectivity index (χ2n) is 9.75. The molecule has 5 rings (SSSR count). The number of carbonyl (C=O) groups excluding carboxylic acids is 1. The minimum absolute atomic E-state index is 0.214. The predicted molar refractivity (Wildman–Crippen MR) is 164 cm³/mol. The molecule has 0 radical (unpaired) electrons. The summed E-state index contributed by atoms with van der Waals surface area (Å²) in [7, 11) is 0. The van der Waals surface area contributed by atoms with Crippen molar-refractivity contribution in [2.75, 3.05) is 6.61 Å². The molecular weight excluding hydrogens is 579 g/mol. The molecule has 1 aliphatic heterocycles. The highest BCUT2D eigenvalue weighted by Gasteiger charge is 2.33. The fraction of sp³-hybridized carbons (Fsp3) is 0.219. The Morgan fingerprint density at radius 2 is 1.61 bits per heavy atom. The van der Waals surface area contributed by atoms with Gasteiger partial charge in [-0.05, 0) is 98.0 Å². The molecule has 9 heteroatoms. The Balaban J connectivity index is 1.54. The summed E-state index contributed by atoms with van der Waals surface area (Å²) in [5.74, 6) is 0.305. The monoisotopic (exact) mass is 606 g/mol. The zero-order chi connectivity index (χ0) is 29.3. The zero-order valence-corrected chi connectivity index (χ0v) is 25.4. The molecule has 1 atom stereocenters. The first kappa shape index (κ1) is 28.9. The number of hydrogen-bond acceptors (Lipinski definition) is 6. The van der Waals surface area contributed by atoms with Crippen LogP contribution in [-0.2, 0) is 16.1 Å². The summed E-state index contributed by atoms with van der Waals surface area (Å²) in [6.45, 7) is 8.12. The molecule has 4 aromatic rings. The molecule has 3 aromatic carbocycles. The third-order valence-corrected chi connectivity index (χ3v) is 8.27. The summed E-state index contributed by atoms with van der Waals surface area (Å²) in [6.07, 6.45) is 1.86. The number of halogens is 2. The molecule has 2 heterocycles. The highest BCUT2D eigenvalue weighted by molar-refractivity contribution is 7.07. The minimum atomic E-state index is -0.683. The number of rotatable bonds is 7. The van der Waals surface area contributed by atoms with Crippen LogP contribution in [0.4, 0.5) is 0 Å². The maximum atomic E-state index is 13.9. The lowest BCUT2D eigenvalue weighted by Crippen LogP contribution is -2.39. The van der Waals surface area contributed by atoms with Gasteiger partial charge in [-0.1, -0.05) is 58.8 Å². The van der Waals surface area contributed by atoms with Gasteiger partial charge in [-0.2, -0.15) is 0 Å². The van der Waals surface area contributed by atoms with E-state index in [-0.39, 0.29) is 12.2 Å². The molecule has 6 nitrogen and oxygen atoms in total. The van der Waals surface area contributed by atoms with E-state index in [4.69, 9.17) is 32.7 Å². The summed E-state index contributed by atoms with van der Waals surface area (Å²) < 4.78 is 13.6. The minimum Gasteiger partial charge on any atom is -0.488 e. The van der Waals surface area contributed by atoms with Gasteiger partial charge in [-0.3, -0.25) is 9.36 Å². The Bertz CT molecular complexity index is 1820. The Morgan fingerprint density at radius 1 is 1.00 bits per heavy atom. The third kappa shape index (κ3) is 6.03. The molecule has 0 aliphatic carbocycles. The first-order chi connectivity index (χ1) is 19.7. The first-order valence-electron chi connectivity index (χ1n) is 13.1. The fourth-order valence-electron chi connectivity index (χ4n) is 4.93. The number of esters is 1. The van der Waals surface area contributed by atoms with E-state index in [1.807, 2.05) is 68.5 Å². The summed E-state index contributed by atoms with van der Waals surface area (Å²) in [5.41, 5.74) is 5.16. The number of benzene rings is 3. The van der Waals surface area contributed by atoms with Gasteiger partial charge in [0.1, 0.15) is 12.4 Å². The lowest BCUT2D eigenvalue weighted by molar-refractivity contribution is -0.139. The van der Waals surface area contributed by atoms with Gasteiger partial charge in [0.2, 0.25) is 0 Å². The number of allylic oxidation sites excluding steroid dienone is 1. The standard InChI is InChI=1S/C32H28Cl2N2O4S/c1-5-39-31(38)27-20(4)35-32-36(28(27)23-8-12-25(34)13-9-23)30(37)26(41-32)16-22-14-18(2)29(19(3)15-22)40-17-21-6-10-24(33)11-7-21/h6-16,28H,5,17H2,1-4H3/b26-16-/t28-/m0/s1. The SMILES string of the molecule is CCOC(=O)C1=C(C)N=c2s/c(=C\c3cc(C)c(OCc4ccc(Cl)cc4)c(C)c3)c(=O)n2[C@H]1c1ccc(Cl)cc1. The van der Waals surface area contributed by atoms with Crippen molar-refractivity contribution in [2.45, 2.75) is 40.3 Å². The van der Waals surface area contributed by atoms with E-state index in [2.05, 4.69) is 4.99 Å². The number of aromatic nitrogens is 1. The summed E-state index contributed by atoms with van der Waals surface area (Å²) in [6, 6.07) is 18.0. The van der Waals surface area contributed by atoms with Gasteiger partial charge in [0, 0.05) is 10.0 Å². The molecule has 210 valence electrons. The third-order valence-electron chi connectivity index (χ3n) is 6.78. The van der Waals surface area contributed by atoms with E-state index in [1.165, 1.54) is 11.3 Å². The van der Waals surface area contributed by atoms with Crippen LogP contribution in [-0.4, -0.2) is 17.1 Å². The lowest BCUT2D eigenvalue weighted by Gasteiger charge is -2.24. The quantitative estimate of drug-likeness (QED) is 0.231. The van der Waals surface area contributed by atoms with Gasteiger partial charge in [0.05, 0.1) is 28.5 Å². The molecule has 0 N–H and O–H groups in total. The van der Waals surface area contributed by atoms with Crippen LogP contribution in [0.2, 0.25) is 10.0 Å². The number of aryl methyl sites for hydroxylation is 2. The maximum Gasteiger partial charge on any atom is 0.338 e. The van der Waals surface area contributed by atoms with Crippen LogP contribution in [0.5, 0.6) is 5.75 Å². The highest BCUT2D eigenvalue weighted by Crippen LogP contribution is 2.31. The molecule has 0 amide bonds. The van der Waals surface area contributed by atoms with E-state index in [9.17, 15) is 9.59 Å². The number of nitrogens with zero attached hydrogens (tertiary/aromatic N) is 2. The zero-order valence-electron chi connectivity index (χ0n) is 23.0. The molecule has 1 aliphatic rings.